The highest BCUT2D eigenvalue weighted by atomic mass is 35.5. The zero-order valence-corrected chi connectivity index (χ0v) is 14.8. The van der Waals surface area contributed by atoms with Gasteiger partial charge >= 0.3 is 0 Å². The van der Waals surface area contributed by atoms with Gasteiger partial charge in [0.15, 0.2) is 11.5 Å². The highest BCUT2D eigenvalue weighted by Crippen LogP contribution is 2.38. The summed E-state index contributed by atoms with van der Waals surface area (Å²) in [5.41, 5.74) is 2.20. The Hall–Kier alpha value is -2.44. The van der Waals surface area contributed by atoms with Crippen LogP contribution in [0.3, 0.4) is 0 Å². The van der Waals surface area contributed by atoms with Crippen molar-refractivity contribution in [3.05, 3.63) is 58.6 Å². The number of ether oxygens (including phenoxy) is 2. The van der Waals surface area contributed by atoms with Gasteiger partial charge in [-0.15, -0.1) is 0 Å². The summed E-state index contributed by atoms with van der Waals surface area (Å²) < 4.78 is 11.3. The van der Waals surface area contributed by atoms with Crippen molar-refractivity contribution in [2.45, 2.75) is 26.4 Å². The number of hydrogen-bond donors (Lipinski definition) is 0. The van der Waals surface area contributed by atoms with Crippen LogP contribution in [-0.2, 0) is 0 Å². The van der Waals surface area contributed by atoms with Gasteiger partial charge in [0, 0.05) is 0 Å². The fraction of sp³-hybridized carbons (Fsp3) is 0.250. The number of allylic oxidation sites excluding steroid dienone is 1. The molecule has 0 N–H and O–H groups in total. The van der Waals surface area contributed by atoms with Crippen LogP contribution < -0.4 is 9.47 Å². The molecule has 1 atom stereocenters. The molecule has 124 valence electrons. The maximum atomic E-state index is 9.43. The van der Waals surface area contributed by atoms with Crippen LogP contribution in [0.5, 0.6) is 11.5 Å². The molecule has 0 fully saturated rings. The van der Waals surface area contributed by atoms with Gasteiger partial charge in [-0.2, -0.15) is 5.26 Å². The van der Waals surface area contributed by atoms with E-state index in [-0.39, 0.29) is 6.10 Å². The quantitative estimate of drug-likeness (QED) is 0.508. The lowest BCUT2D eigenvalue weighted by molar-refractivity contribution is 0.208. The second-order valence-corrected chi connectivity index (χ2v) is 5.81. The maximum absolute atomic E-state index is 9.43. The third-order valence-electron chi connectivity index (χ3n) is 3.66. The van der Waals surface area contributed by atoms with E-state index in [1.54, 1.807) is 19.3 Å². The minimum Gasteiger partial charge on any atom is -0.493 e. The van der Waals surface area contributed by atoms with Gasteiger partial charge < -0.3 is 9.47 Å². The second kappa shape index (κ2) is 8.42. The number of hydrogen-bond acceptors (Lipinski definition) is 3. The summed E-state index contributed by atoms with van der Waals surface area (Å²) in [6, 6.07) is 15.3. The molecule has 0 heterocycles. The van der Waals surface area contributed by atoms with E-state index in [4.69, 9.17) is 21.1 Å². The predicted octanol–water partition coefficient (Wildman–Crippen LogP) is 5.59. The van der Waals surface area contributed by atoms with Crippen molar-refractivity contribution in [1.82, 2.24) is 0 Å². The number of nitrogens with zero attached hydrogens (tertiary/aromatic N) is 1. The molecule has 3 nitrogen and oxygen atoms in total. The van der Waals surface area contributed by atoms with E-state index in [0.717, 1.165) is 17.5 Å². The average Bonchev–Trinajstić information content (AvgIpc) is 2.62. The molecule has 24 heavy (non-hydrogen) atoms. The molecule has 0 saturated carbocycles. The van der Waals surface area contributed by atoms with E-state index < -0.39 is 0 Å². The molecule has 0 unspecified atom stereocenters. The Kier molecular flexibility index (Phi) is 6.28. The van der Waals surface area contributed by atoms with Gasteiger partial charge in [0.05, 0.1) is 29.9 Å². The molecule has 0 amide bonds. The van der Waals surface area contributed by atoms with Gasteiger partial charge in [-0.05, 0) is 42.7 Å². The Balaban J connectivity index is 2.43. The predicted molar refractivity (Wildman–Crippen MR) is 98.3 cm³/mol. The third-order valence-corrected chi connectivity index (χ3v) is 3.94. The minimum absolute atomic E-state index is 0.0387. The second-order valence-electron chi connectivity index (χ2n) is 5.41. The summed E-state index contributed by atoms with van der Waals surface area (Å²) in [7, 11) is 1.57. The first-order valence-corrected chi connectivity index (χ1v) is 8.18. The van der Waals surface area contributed by atoms with Crippen molar-refractivity contribution in [3.8, 4) is 17.6 Å². The first kappa shape index (κ1) is 17.9. The number of rotatable bonds is 6. The van der Waals surface area contributed by atoms with E-state index >= 15 is 0 Å². The summed E-state index contributed by atoms with van der Waals surface area (Å²) in [6.07, 6.45) is 2.70. The SMILES string of the molecule is CC[C@@H](C)Oc1c(Cl)cc(/C=C(\C#N)c2ccccc2)cc1OC. The number of methoxy groups -OCH3 is 1. The van der Waals surface area contributed by atoms with Gasteiger partial charge in [0.1, 0.15) is 0 Å². The molecule has 2 rings (SSSR count). The summed E-state index contributed by atoms with van der Waals surface area (Å²) in [5.74, 6) is 1.09. The fourth-order valence-electron chi connectivity index (χ4n) is 2.19. The lowest BCUT2D eigenvalue weighted by atomic mass is 10.0. The van der Waals surface area contributed by atoms with Crippen LogP contribution in [0.4, 0.5) is 0 Å². The molecule has 2 aromatic rings. The molecule has 0 saturated heterocycles. The molecule has 0 spiro atoms. The summed E-state index contributed by atoms with van der Waals surface area (Å²) in [6.45, 7) is 4.02. The van der Waals surface area contributed by atoms with E-state index in [2.05, 4.69) is 6.07 Å². The number of halogens is 1. The topological polar surface area (TPSA) is 42.2 Å². The number of benzene rings is 2. The van der Waals surface area contributed by atoms with Gasteiger partial charge in [-0.1, -0.05) is 48.9 Å². The molecule has 0 aliphatic carbocycles. The van der Waals surface area contributed by atoms with Gasteiger partial charge in [0.2, 0.25) is 0 Å². The van der Waals surface area contributed by atoms with Crippen molar-refractivity contribution in [3.63, 3.8) is 0 Å². The molecule has 0 aromatic heterocycles. The molecule has 0 bridgehead atoms. The van der Waals surface area contributed by atoms with Gasteiger partial charge in [-0.3, -0.25) is 0 Å². The van der Waals surface area contributed by atoms with Crippen LogP contribution in [0.15, 0.2) is 42.5 Å². The third kappa shape index (κ3) is 4.31. The molecule has 0 aliphatic rings. The zero-order valence-electron chi connectivity index (χ0n) is 14.0. The Labute approximate surface area is 148 Å². The van der Waals surface area contributed by atoms with E-state index in [9.17, 15) is 5.26 Å². The van der Waals surface area contributed by atoms with Crippen LogP contribution in [0.1, 0.15) is 31.4 Å². The van der Waals surface area contributed by atoms with E-state index in [1.165, 1.54) is 0 Å². The maximum Gasteiger partial charge on any atom is 0.180 e. The normalized spacial score (nSPS) is 12.4. The summed E-state index contributed by atoms with van der Waals surface area (Å²) in [4.78, 5) is 0. The van der Waals surface area contributed by atoms with E-state index in [1.807, 2.05) is 50.2 Å². The van der Waals surface area contributed by atoms with Gasteiger partial charge in [-0.25, -0.2) is 0 Å². The Morgan fingerprint density at radius 1 is 1.29 bits per heavy atom. The molecular formula is C20H20ClNO2. The van der Waals surface area contributed by atoms with Gasteiger partial charge in [0.25, 0.3) is 0 Å². The van der Waals surface area contributed by atoms with Crippen LogP contribution in [0.25, 0.3) is 11.6 Å². The summed E-state index contributed by atoms with van der Waals surface area (Å²) >= 11 is 6.37. The Bertz CT molecular complexity index is 763. The lowest BCUT2D eigenvalue weighted by Gasteiger charge is -2.17. The van der Waals surface area contributed by atoms with Crippen LogP contribution >= 0.6 is 11.6 Å². The van der Waals surface area contributed by atoms with Crippen molar-refractivity contribution in [2.75, 3.05) is 7.11 Å². The molecule has 0 radical (unpaired) electrons. The monoisotopic (exact) mass is 341 g/mol. The molecule has 2 aromatic carbocycles. The largest absolute Gasteiger partial charge is 0.493 e. The van der Waals surface area contributed by atoms with E-state index in [0.29, 0.717) is 22.1 Å². The Morgan fingerprint density at radius 2 is 2.00 bits per heavy atom. The summed E-state index contributed by atoms with van der Waals surface area (Å²) in [5, 5.41) is 9.90. The average molecular weight is 342 g/mol. The fourth-order valence-corrected chi connectivity index (χ4v) is 2.45. The molecule has 0 aliphatic heterocycles. The first-order chi connectivity index (χ1) is 11.6. The van der Waals surface area contributed by atoms with Crippen molar-refractivity contribution >= 4 is 23.3 Å². The highest BCUT2D eigenvalue weighted by Gasteiger charge is 2.14. The van der Waals surface area contributed by atoms with Crippen LogP contribution in [-0.4, -0.2) is 13.2 Å². The van der Waals surface area contributed by atoms with Crippen molar-refractivity contribution in [2.24, 2.45) is 0 Å². The standard InChI is InChI=1S/C20H20ClNO2/c1-4-14(2)24-20-18(21)11-15(12-19(20)23-3)10-17(13-22)16-8-6-5-7-9-16/h5-12,14H,4H2,1-3H3/b17-10+/t14-/m1/s1. The zero-order chi connectivity index (χ0) is 17.5. The highest BCUT2D eigenvalue weighted by molar-refractivity contribution is 6.32. The smallest absolute Gasteiger partial charge is 0.180 e. The first-order valence-electron chi connectivity index (χ1n) is 7.80. The van der Waals surface area contributed by atoms with Crippen LogP contribution in [0.2, 0.25) is 5.02 Å². The number of nitriles is 1. The van der Waals surface area contributed by atoms with Crippen molar-refractivity contribution < 1.29 is 9.47 Å². The van der Waals surface area contributed by atoms with Crippen LogP contribution in [0, 0.1) is 11.3 Å². The minimum atomic E-state index is 0.0387. The Morgan fingerprint density at radius 3 is 2.58 bits per heavy atom. The molecular weight excluding hydrogens is 322 g/mol. The lowest BCUT2D eigenvalue weighted by Crippen LogP contribution is -2.11. The van der Waals surface area contributed by atoms with Crippen molar-refractivity contribution in [1.29, 1.82) is 5.26 Å². The molecule has 4 heteroatoms.